The van der Waals surface area contributed by atoms with Crippen molar-refractivity contribution < 1.29 is 4.79 Å². The monoisotopic (exact) mass is 501 g/mol. The highest BCUT2D eigenvalue weighted by molar-refractivity contribution is 5.93. The van der Waals surface area contributed by atoms with Crippen molar-refractivity contribution in [1.29, 1.82) is 5.26 Å². The van der Waals surface area contributed by atoms with E-state index < -0.39 is 0 Å². The van der Waals surface area contributed by atoms with Crippen molar-refractivity contribution in [3.63, 3.8) is 0 Å². The second kappa shape index (κ2) is 10.8. The zero-order valence-corrected chi connectivity index (χ0v) is 21.9. The van der Waals surface area contributed by atoms with Crippen molar-refractivity contribution in [2.75, 3.05) is 64.8 Å². The molecule has 2 aromatic heterocycles. The first-order valence-electron chi connectivity index (χ1n) is 12.9. The molecule has 0 spiro atoms. The van der Waals surface area contributed by atoms with Crippen LogP contribution in [0.1, 0.15) is 34.1 Å². The van der Waals surface area contributed by atoms with Crippen molar-refractivity contribution >= 4 is 17.4 Å². The molecule has 1 atom stereocenters. The number of anilines is 1. The fourth-order valence-electron chi connectivity index (χ4n) is 5.12. The summed E-state index contributed by atoms with van der Waals surface area (Å²) in [5.41, 5.74) is 3.70. The summed E-state index contributed by atoms with van der Waals surface area (Å²) in [5.74, 6) is 0.681. The molecule has 37 heavy (non-hydrogen) atoms. The number of likely N-dealkylation sites (N-methyl/N-ethyl adjacent to an activating group) is 2. The van der Waals surface area contributed by atoms with Gasteiger partial charge in [-0.1, -0.05) is 12.1 Å². The molecule has 1 aromatic carbocycles. The highest BCUT2D eigenvalue weighted by atomic mass is 16.1. The molecule has 3 aromatic rings. The van der Waals surface area contributed by atoms with Crippen LogP contribution in [0.5, 0.6) is 0 Å². The van der Waals surface area contributed by atoms with Gasteiger partial charge >= 0.3 is 0 Å². The van der Waals surface area contributed by atoms with Crippen LogP contribution in [-0.2, 0) is 13.1 Å². The number of nitrogens with zero attached hydrogens (tertiary/aromatic N) is 8. The van der Waals surface area contributed by atoms with E-state index in [1.165, 1.54) is 0 Å². The molecular weight excluding hydrogens is 466 g/mol. The number of rotatable bonds is 6. The van der Waals surface area contributed by atoms with Crippen LogP contribution in [0.3, 0.4) is 0 Å². The largest absolute Gasteiger partial charge is 0.351 e. The van der Waals surface area contributed by atoms with Crippen molar-refractivity contribution in [2.45, 2.75) is 26.1 Å². The molecule has 1 N–H and O–H groups in total. The van der Waals surface area contributed by atoms with Crippen molar-refractivity contribution in [3.05, 3.63) is 58.9 Å². The highest BCUT2D eigenvalue weighted by Crippen LogP contribution is 2.24. The Morgan fingerprint density at radius 1 is 1.08 bits per heavy atom. The zero-order valence-electron chi connectivity index (χ0n) is 21.9. The van der Waals surface area contributed by atoms with Gasteiger partial charge in [-0.2, -0.15) is 14.9 Å². The Morgan fingerprint density at radius 2 is 1.81 bits per heavy atom. The van der Waals surface area contributed by atoms with E-state index in [9.17, 15) is 4.79 Å². The van der Waals surface area contributed by atoms with Gasteiger partial charge < -0.3 is 20.0 Å². The van der Waals surface area contributed by atoms with Gasteiger partial charge in [0.05, 0.1) is 17.8 Å². The maximum atomic E-state index is 13.3. The van der Waals surface area contributed by atoms with Crippen LogP contribution in [0.4, 0.5) is 5.82 Å². The van der Waals surface area contributed by atoms with Crippen molar-refractivity contribution in [2.24, 2.45) is 0 Å². The van der Waals surface area contributed by atoms with Gasteiger partial charge in [-0.15, -0.1) is 0 Å². The van der Waals surface area contributed by atoms with E-state index in [-0.39, 0.29) is 11.9 Å². The number of piperazine rings is 2. The summed E-state index contributed by atoms with van der Waals surface area (Å²) < 4.78 is 1.91. The third-order valence-corrected chi connectivity index (χ3v) is 7.41. The van der Waals surface area contributed by atoms with Gasteiger partial charge in [-0.3, -0.25) is 9.69 Å². The predicted molar refractivity (Wildman–Crippen MR) is 142 cm³/mol. The molecule has 0 aliphatic carbocycles. The molecular formula is C27H35N9O. The molecule has 10 nitrogen and oxygen atoms in total. The van der Waals surface area contributed by atoms with Gasteiger partial charge in [0.2, 0.25) is 0 Å². The van der Waals surface area contributed by atoms with E-state index in [2.05, 4.69) is 52.0 Å². The highest BCUT2D eigenvalue weighted by Gasteiger charge is 2.27. The predicted octanol–water partition coefficient (Wildman–Crippen LogP) is 1.42. The number of hydrogen-bond acceptors (Lipinski definition) is 8. The number of fused-ring (bicyclic) bond motifs is 1. The van der Waals surface area contributed by atoms with Crippen LogP contribution in [0.25, 0.3) is 5.65 Å². The summed E-state index contributed by atoms with van der Waals surface area (Å²) in [5, 5.41) is 16.8. The van der Waals surface area contributed by atoms with Crippen LogP contribution >= 0.6 is 0 Å². The first kappa shape index (κ1) is 25.1. The average molecular weight is 502 g/mol. The summed E-state index contributed by atoms with van der Waals surface area (Å²) >= 11 is 0. The third kappa shape index (κ3) is 5.59. The van der Waals surface area contributed by atoms with Crippen LogP contribution in [-0.4, -0.2) is 101 Å². The average Bonchev–Trinajstić information content (AvgIpc) is 3.31. The number of hydrogen-bond donors (Lipinski definition) is 1. The molecule has 1 amide bonds. The number of carbonyl (C=O) groups is 1. The first-order valence-corrected chi connectivity index (χ1v) is 12.9. The minimum atomic E-state index is -0.221. The van der Waals surface area contributed by atoms with E-state index in [4.69, 9.17) is 15.3 Å². The second-order valence-electron chi connectivity index (χ2n) is 10.3. The topological polar surface area (TPSA) is 96.0 Å². The molecule has 0 unspecified atom stereocenters. The Hall–Kier alpha value is -3.52. The molecule has 0 bridgehead atoms. The van der Waals surface area contributed by atoms with Gasteiger partial charge in [-0.05, 0) is 38.7 Å². The maximum absolute atomic E-state index is 13.3. The van der Waals surface area contributed by atoms with Gasteiger partial charge in [0.25, 0.3) is 5.91 Å². The minimum absolute atomic E-state index is 0.221. The number of nitriles is 1. The number of amides is 1. The molecule has 2 saturated heterocycles. The van der Waals surface area contributed by atoms with E-state index in [1.807, 2.05) is 28.9 Å². The minimum Gasteiger partial charge on any atom is -0.351 e. The molecule has 194 valence electrons. The smallest absolute Gasteiger partial charge is 0.270 e. The summed E-state index contributed by atoms with van der Waals surface area (Å²) in [6, 6.07) is 11.5. The maximum Gasteiger partial charge on any atom is 0.270 e. The second-order valence-corrected chi connectivity index (χ2v) is 10.3. The number of carbonyl (C=O) groups excluding carboxylic acids is 1. The summed E-state index contributed by atoms with van der Waals surface area (Å²) in [6.07, 6.45) is 1.91. The summed E-state index contributed by atoms with van der Waals surface area (Å²) in [7, 11) is 4.29. The lowest BCUT2D eigenvalue weighted by Crippen LogP contribution is -2.51. The van der Waals surface area contributed by atoms with Crippen LogP contribution < -0.4 is 10.2 Å². The quantitative estimate of drug-likeness (QED) is 0.542. The van der Waals surface area contributed by atoms with E-state index in [1.54, 1.807) is 12.1 Å². The molecule has 4 heterocycles. The molecule has 2 aliphatic heterocycles. The molecule has 10 heteroatoms. The summed E-state index contributed by atoms with van der Waals surface area (Å²) in [4.78, 5) is 27.6. The number of nitrogens with one attached hydrogen (secondary N) is 1. The van der Waals surface area contributed by atoms with Crippen LogP contribution in [0, 0.1) is 11.3 Å². The Bertz CT molecular complexity index is 1290. The third-order valence-electron chi connectivity index (χ3n) is 7.41. The standard InChI is InChI=1S/C27H35N9O/c1-20-18-33(3)10-13-35(20)25-14-24(27(37)29-16-22-6-4-21(15-28)5-7-22)31-26-23(17-30-36(25)26)19-34-11-8-32(2)9-12-34/h4-7,14,17,20H,8-13,16,18-19H2,1-3H3,(H,29,37)/t20-/m1/s1. The molecule has 2 fully saturated rings. The normalized spacial score (nSPS) is 19.7. The first-order chi connectivity index (χ1) is 17.9. The molecule has 2 aliphatic rings. The van der Waals surface area contributed by atoms with E-state index >= 15 is 0 Å². The Labute approximate surface area is 218 Å². The van der Waals surface area contributed by atoms with E-state index in [0.29, 0.717) is 17.8 Å². The zero-order chi connectivity index (χ0) is 25.9. The van der Waals surface area contributed by atoms with Gasteiger partial charge in [0.1, 0.15) is 11.5 Å². The lowest BCUT2D eigenvalue weighted by atomic mass is 10.1. The van der Waals surface area contributed by atoms with Crippen molar-refractivity contribution in [1.82, 2.24) is 34.6 Å². The summed E-state index contributed by atoms with van der Waals surface area (Å²) in [6.45, 7) is 10.2. The van der Waals surface area contributed by atoms with Gasteiger partial charge in [0.15, 0.2) is 5.65 Å². The van der Waals surface area contributed by atoms with Crippen LogP contribution in [0.2, 0.25) is 0 Å². The fourth-order valence-corrected chi connectivity index (χ4v) is 5.12. The molecule has 5 rings (SSSR count). The van der Waals surface area contributed by atoms with Gasteiger partial charge in [-0.25, -0.2) is 4.98 Å². The Balaban J connectivity index is 1.44. The Kier molecular flexibility index (Phi) is 7.37. The lowest BCUT2D eigenvalue weighted by molar-refractivity contribution is 0.0946. The number of benzene rings is 1. The molecule has 0 radical (unpaired) electrons. The lowest BCUT2D eigenvalue weighted by Gasteiger charge is -2.39. The molecule has 0 saturated carbocycles. The van der Waals surface area contributed by atoms with Crippen LogP contribution in [0.15, 0.2) is 36.5 Å². The van der Waals surface area contributed by atoms with Crippen molar-refractivity contribution in [3.8, 4) is 6.07 Å². The Morgan fingerprint density at radius 3 is 2.51 bits per heavy atom. The fraction of sp³-hybridized carbons (Fsp3) is 0.481. The van der Waals surface area contributed by atoms with E-state index in [0.717, 1.165) is 74.9 Å². The SMILES string of the molecule is C[C@@H]1CN(C)CCN1c1cc(C(=O)NCc2ccc(C#N)cc2)nc2c(CN3CCN(C)CC3)cnn12. The van der Waals surface area contributed by atoms with Gasteiger partial charge in [0, 0.05) is 76.6 Å². The number of aromatic nitrogens is 3.